The largest absolute Gasteiger partial charge is 0.256 e. The Kier molecular flexibility index (Phi) is 2.72. The van der Waals surface area contributed by atoms with Crippen LogP contribution in [0.4, 0.5) is 0 Å². The topological polar surface area (TPSA) is 12.9 Å². The van der Waals surface area contributed by atoms with E-state index in [1.165, 1.54) is 0 Å². The minimum absolute atomic E-state index is 0.941. The Morgan fingerprint density at radius 1 is 0.929 bits per heavy atom. The van der Waals surface area contributed by atoms with Crippen LogP contribution in [0.2, 0.25) is 0 Å². The van der Waals surface area contributed by atoms with Crippen LogP contribution in [0.25, 0.3) is 12.2 Å². The van der Waals surface area contributed by atoms with Crippen molar-refractivity contribution in [2.24, 2.45) is 0 Å². The van der Waals surface area contributed by atoms with Gasteiger partial charge in [-0.1, -0.05) is 36.4 Å². The highest BCUT2D eigenvalue weighted by atomic mass is 14.6. The summed E-state index contributed by atoms with van der Waals surface area (Å²) in [6.07, 6.45) is 5.66. The van der Waals surface area contributed by atoms with Gasteiger partial charge in [-0.25, -0.2) is 0 Å². The van der Waals surface area contributed by atoms with Crippen molar-refractivity contribution in [2.75, 3.05) is 0 Å². The fraction of sp³-hybridized carbons (Fsp3) is 0. The predicted octanol–water partition coefficient (Wildman–Crippen LogP) is 2.85. The van der Waals surface area contributed by atoms with E-state index in [2.05, 4.69) is 17.1 Å². The summed E-state index contributed by atoms with van der Waals surface area (Å²) >= 11 is 0. The molecule has 0 aliphatic rings. The molecule has 1 heterocycles. The Bertz CT molecular complexity index is 362. The van der Waals surface area contributed by atoms with E-state index in [-0.39, 0.29) is 0 Å². The molecule has 1 aromatic carbocycles. The second-order valence-electron chi connectivity index (χ2n) is 2.85. The number of pyridine rings is 1. The monoisotopic (exact) mass is 179 g/mol. The molecular weight excluding hydrogens is 170 g/mol. The minimum Gasteiger partial charge on any atom is -0.256 e. The molecular formula is C13H9N. The zero-order valence-electron chi connectivity index (χ0n) is 7.64. The van der Waals surface area contributed by atoms with Crippen LogP contribution >= 0.6 is 0 Å². The minimum atomic E-state index is 0.941. The molecule has 0 saturated heterocycles. The number of nitrogens with zero attached hydrogens (tertiary/aromatic N) is 1. The summed E-state index contributed by atoms with van der Waals surface area (Å²) in [5.41, 5.74) is 2.09. The van der Waals surface area contributed by atoms with Gasteiger partial charge >= 0.3 is 0 Å². The number of benzene rings is 1. The molecule has 0 saturated carbocycles. The van der Waals surface area contributed by atoms with Gasteiger partial charge in [0.15, 0.2) is 0 Å². The molecule has 2 radical (unpaired) electrons. The molecule has 0 bridgehead atoms. The summed E-state index contributed by atoms with van der Waals surface area (Å²) in [5, 5.41) is 0. The first kappa shape index (κ1) is 8.70. The Hall–Kier alpha value is -1.89. The molecule has 14 heavy (non-hydrogen) atoms. The van der Waals surface area contributed by atoms with E-state index in [1.54, 1.807) is 6.20 Å². The highest BCUT2D eigenvalue weighted by Crippen LogP contribution is 2.04. The average Bonchev–Trinajstić information content (AvgIpc) is 2.29. The maximum absolute atomic E-state index is 4.14. The van der Waals surface area contributed by atoms with E-state index in [0.29, 0.717) is 0 Å². The third kappa shape index (κ3) is 2.30. The molecule has 0 aliphatic carbocycles. The first-order valence-corrected chi connectivity index (χ1v) is 4.41. The highest BCUT2D eigenvalue weighted by Gasteiger charge is 1.85. The predicted molar refractivity (Wildman–Crippen MR) is 57.3 cm³/mol. The van der Waals surface area contributed by atoms with Crippen molar-refractivity contribution in [1.29, 1.82) is 0 Å². The summed E-state index contributed by atoms with van der Waals surface area (Å²) in [5.74, 6) is 0. The third-order valence-corrected chi connectivity index (χ3v) is 1.83. The first-order chi connectivity index (χ1) is 6.95. The van der Waals surface area contributed by atoms with Crippen molar-refractivity contribution in [1.82, 2.24) is 4.98 Å². The van der Waals surface area contributed by atoms with Gasteiger partial charge in [0, 0.05) is 12.3 Å². The van der Waals surface area contributed by atoms with Crippen LogP contribution < -0.4 is 0 Å². The molecule has 1 aromatic heterocycles. The fourth-order valence-electron chi connectivity index (χ4n) is 1.12. The quantitative estimate of drug-likeness (QED) is 0.690. The van der Waals surface area contributed by atoms with Gasteiger partial charge in [-0.2, -0.15) is 0 Å². The van der Waals surface area contributed by atoms with Gasteiger partial charge in [-0.05, 0) is 23.8 Å². The second kappa shape index (κ2) is 4.38. The highest BCUT2D eigenvalue weighted by molar-refractivity contribution is 5.67. The van der Waals surface area contributed by atoms with Gasteiger partial charge < -0.3 is 0 Å². The van der Waals surface area contributed by atoms with Crippen LogP contribution in [0.5, 0.6) is 0 Å². The van der Waals surface area contributed by atoms with E-state index >= 15 is 0 Å². The van der Waals surface area contributed by atoms with Crippen LogP contribution in [-0.2, 0) is 0 Å². The molecule has 1 nitrogen and oxygen atoms in total. The number of hydrogen-bond acceptors (Lipinski definition) is 1. The Morgan fingerprint density at radius 3 is 2.43 bits per heavy atom. The molecule has 1 heteroatoms. The van der Waals surface area contributed by atoms with Crippen molar-refractivity contribution in [3.8, 4) is 0 Å². The number of hydrogen-bond donors (Lipinski definition) is 0. The zero-order chi connectivity index (χ0) is 9.64. The van der Waals surface area contributed by atoms with Crippen molar-refractivity contribution >= 4 is 12.2 Å². The van der Waals surface area contributed by atoms with Gasteiger partial charge in [0.1, 0.15) is 0 Å². The van der Waals surface area contributed by atoms with E-state index < -0.39 is 0 Å². The van der Waals surface area contributed by atoms with Gasteiger partial charge in [-0.15, -0.1) is 0 Å². The van der Waals surface area contributed by atoms with Crippen LogP contribution in [0.1, 0.15) is 11.3 Å². The van der Waals surface area contributed by atoms with Crippen LogP contribution in [0.3, 0.4) is 0 Å². The van der Waals surface area contributed by atoms with E-state index in [9.17, 15) is 0 Å². The molecule has 2 rings (SSSR count). The lowest BCUT2D eigenvalue weighted by molar-refractivity contribution is 1.29. The van der Waals surface area contributed by atoms with Crippen molar-refractivity contribution < 1.29 is 0 Å². The number of rotatable bonds is 2. The lowest BCUT2D eigenvalue weighted by Crippen LogP contribution is -1.76. The van der Waals surface area contributed by atoms with Crippen molar-refractivity contribution in [2.45, 2.75) is 0 Å². The Morgan fingerprint density at radius 2 is 1.71 bits per heavy atom. The molecule has 0 aliphatic heterocycles. The van der Waals surface area contributed by atoms with Crippen LogP contribution in [0, 0.1) is 12.1 Å². The molecule has 0 spiro atoms. The fourth-order valence-corrected chi connectivity index (χ4v) is 1.12. The number of aromatic nitrogens is 1. The van der Waals surface area contributed by atoms with Crippen molar-refractivity contribution in [3.05, 3.63) is 66.0 Å². The summed E-state index contributed by atoms with van der Waals surface area (Å²) < 4.78 is 0. The molecule has 0 atom stereocenters. The lowest BCUT2D eigenvalue weighted by atomic mass is 10.2. The lowest BCUT2D eigenvalue weighted by Gasteiger charge is -1.91. The third-order valence-electron chi connectivity index (χ3n) is 1.83. The van der Waals surface area contributed by atoms with Crippen LogP contribution in [-0.4, -0.2) is 4.98 Å². The van der Waals surface area contributed by atoms with Gasteiger partial charge in [0.05, 0.1) is 5.69 Å². The normalized spacial score (nSPS) is 10.6. The Labute approximate surface area is 83.7 Å². The molecule has 0 fully saturated rings. The summed E-state index contributed by atoms with van der Waals surface area (Å²) in [6.45, 7) is 0. The smallest absolute Gasteiger partial charge is 0.0630 e. The van der Waals surface area contributed by atoms with Crippen LogP contribution in [0.15, 0.2) is 42.6 Å². The maximum Gasteiger partial charge on any atom is 0.0630 e. The summed E-state index contributed by atoms with van der Waals surface area (Å²) in [7, 11) is 0. The SMILES string of the molecule is [c]1ccc(C=Cc2cc[c]cn2)cc1. The van der Waals surface area contributed by atoms with E-state index in [4.69, 9.17) is 0 Å². The van der Waals surface area contributed by atoms with E-state index in [1.807, 2.05) is 48.6 Å². The molecule has 0 N–H and O–H groups in total. The standard InChI is InChI=1S/C13H9N/c1-2-6-12(7-3-1)9-10-13-8-4-5-11-14-13/h2-4,6-11H. The van der Waals surface area contributed by atoms with Gasteiger partial charge in [0.2, 0.25) is 0 Å². The van der Waals surface area contributed by atoms with E-state index in [0.717, 1.165) is 11.3 Å². The summed E-state index contributed by atoms with van der Waals surface area (Å²) in [4.78, 5) is 4.14. The molecule has 66 valence electrons. The Balaban J connectivity index is 2.16. The summed E-state index contributed by atoms with van der Waals surface area (Å²) in [6, 6.07) is 17.4. The average molecular weight is 179 g/mol. The molecule has 0 unspecified atom stereocenters. The van der Waals surface area contributed by atoms with Gasteiger partial charge in [-0.3, -0.25) is 4.98 Å². The molecule has 0 amide bonds. The molecule has 2 aromatic rings. The zero-order valence-corrected chi connectivity index (χ0v) is 7.64. The maximum atomic E-state index is 4.14. The van der Waals surface area contributed by atoms with Crippen molar-refractivity contribution in [3.63, 3.8) is 0 Å². The van der Waals surface area contributed by atoms with Gasteiger partial charge in [0.25, 0.3) is 0 Å². The second-order valence-corrected chi connectivity index (χ2v) is 2.85. The first-order valence-electron chi connectivity index (χ1n) is 4.41.